The third kappa shape index (κ3) is 41.8. The van der Waals surface area contributed by atoms with Gasteiger partial charge in [0.05, 0.1) is 26.2 Å². The SMILES string of the molecule is CC/C=C\C/C=C\C/C=C\C/C=C\C/C=C\CC(=O)OC(COCCCCCCCCCCCCCCCCCCCCCCC)COP(=O)(O)OCC(N)C(=O)O. The molecule has 0 aromatic rings. The van der Waals surface area contributed by atoms with Gasteiger partial charge in [0.1, 0.15) is 12.1 Å². The molecule has 0 radical (unpaired) electrons. The standard InChI is InChI=1S/C47H84NO9P/c1-3-5-7-9-11-13-15-17-19-20-21-22-23-24-26-28-30-32-34-36-38-40-54-41-44(42-55-58(52,53)56-43-45(48)47(50)51)57-46(49)39-37-35-33-31-29-27-25-18-16-14-12-10-8-6-4-2/h6,8,12,14,18,25,29,31,35,37,44-45H,3-5,7,9-11,13,15-17,19-24,26-28,30,32-34,36,38-43,48H2,1-2H3,(H,50,51)(H,52,53)/b8-6-,14-12-,25-18-,31-29-,37-35-. The van der Waals surface area contributed by atoms with E-state index in [9.17, 15) is 19.0 Å². The normalized spacial score (nSPS) is 14.4. The molecule has 0 aromatic carbocycles. The molecule has 0 aliphatic carbocycles. The molecule has 3 atom stereocenters. The van der Waals surface area contributed by atoms with E-state index >= 15 is 0 Å². The molecule has 336 valence electrons. The van der Waals surface area contributed by atoms with Crippen molar-refractivity contribution < 1.29 is 42.7 Å². The summed E-state index contributed by atoms with van der Waals surface area (Å²) >= 11 is 0. The summed E-state index contributed by atoms with van der Waals surface area (Å²) in [4.78, 5) is 33.5. The van der Waals surface area contributed by atoms with Crippen molar-refractivity contribution >= 4 is 19.8 Å². The maximum Gasteiger partial charge on any atom is 0.472 e. The number of hydrogen-bond acceptors (Lipinski definition) is 8. The molecule has 4 N–H and O–H groups in total. The number of phosphoric acid groups is 1. The van der Waals surface area contributed by atoms with E-state index in [2.05, 4.69) is 56.4 Å². The Kier molecular flexibility index (Phi) is 41.1. The van der Waals surface area contributed by atoms with E-state index in [0.717, 1.165) is 44.9 Å². The molecule has 0 fully saturated rings. The van der Waals surface area contributed by atoms with Gasteiger partial charge < -0.3 is 25.2 Å². The van der Waals surface area contributed by atoms with Crippen molar-refractivity contribution in [2.75, 3.05) is 26.4 Å². The first kappa shape index (κ1) is 55.7. The molecule has 0 amide bonds. The highest BCUT2D eigenvalue weighted by molar-refractivity contribution is 7.47. The third-order valence-electron chi connectivity index (χ3n) is 9.59. The first-order valence-electron chi connectivity index (χ1n) is 22.8. The lowest BCUT2D eigenvalue weighted by Crippen LogP contribution is -2.34. The van der Waals surface area contributed by atoms with Crippen LogP contribution >= 0.6 is 7.82 Å². The molecule has 11 heteroatoms. The Morgan fingerprint density at radius 3 is 1.34 bits per heavy atom. The van der Waals surface area contributed by atoms with E-state index < -0.39 is 45.1 Å². The number of nitrogens with two attached hydrogens (primary N) is 1. The van der Waals surface area contributed by atoms with Gasteiger partial charge in [-0.25, -0.2) is 4.57 Å². The summed E-state index contributed by atoms with van der Waals surface area (Å²) in [7, 11) is -4.64. The Morgan fingerprint density at radius 1 is 0.552 bits per heavy atom. The van der Waals surface area contributed by atoms with Crippen LogP contribution in [-0.2, 0) is 32.7 Å². The van der Waals surface area contributed by atoms with Gasteiger partial charge in [-0.15, -0.1) is 0 Å². The summed E-state index contributed by atoms with van der Waals surface area (Å²) < 4.78 is 33.2. The van der Waals surface area contributed by atoms with Crippen LogP contribution in [0.3, 0.4) is 0 Å². The van der Waals surface area contributed by atoms with Crippen molar-refractivity contribution in [3.05, 3.63) is 60.8 Å². The van der Waals surface area contributed by atoms with E-state index in [1.807, 2.05) is 12.2 Å². The number of carbonyl (C=O) groups is 2. The van der Waals surface area contributed by atoms with Crippen molar-refractivity contribution in [2.45, 2.75) is 199 Å². The van der Waals surface area contributed by atoms with E-state index in [1.54, 1.807) is 6.08 Å². The first-order valence-corrected chi connectivity index (χ1v) is 24.3. The number of esters is 1. The zero-order valence-corrected chi connectivity index (χ0v) is 37.5. The van der Waals surface area contributed by atoms with Gasteiger partial charge in [-0.3, -0.25) is 18.6 Å². The first-order chi connectivity index (χ1) is 28.2. The Hall–Kier alpha value is -2.33. The van der Waals surface area contributed by atoms with Gasteiger partial charge in [0, 0.05) is 6.61 Å². The fourth-order valence-corrected chi connectivity index (χ4v) is 6.87. The van der Waals surface area contributed by atoms with Crippen molar-refractivity contribution in [3.8, 4) is 0 Å². The van der Waals surface area contributed by atoms with E-state index in [1.165, 1.54) is 116 Å². The predicted octanol–water partition coefficient (Wildman–Crippen LogP) is 12.8. The number of carbonyl (C=O) groups excluding carboxylic acids is 1. The Morgan fingerprint density at radius 2 is 0.931 bits per heavy atom. The van der Waals surface area contributed by atoms with Gasteiger partial charge in [-0.05, 0) is 38.5 Å². The van der Waals surface area contributed by atoms with Crippen LogP contribution in [0, 0.1) is 0 Å². The van der Waals surface area contributed by atoms with Gasteiger partial charge in [0.15, 0.2) is 0 Å². The number of allylic oxidation sites excluding steroid dienone is 9. The van der Waals surface area contributed by atoms with Crippen LogP contribution in [0.4, 0.5) is 0 Å². The van der Waals surface area contributed by atoms with Crippen LogP contribution in [0.2, 0.25) is 0 Å². The molecule has 0 spiro atoms. The van der Waals surface area contributed by atoms with Crippen LogP contribution in [0.5, 0.6) is 0 Å². The number of carboxylic acid groups (broad SMARTS) is 1. The van der Waals surface area contributed by atoms with E-state index in [4.69, 9.17) is 29.4 Å². The number of aliphatic carboxylic acids is 1. The number of ether oxygens (including phenoxy) is 2. The second-order valence-corrected chi connectivity index (χ2v) is 16.6. The number of phosphoric ester groups is 1. The van der Waals surface area contributed by atoms with Crippen LogP contribution in [0.15, 0.2) is 60.8 Å². The molecule has 0 aliphatic heterocycles. The fourth-order valence-electron chi connectivity index (χ4n) is 6.09. The van der Waals surface area contributed by atoms with Crippen LogP contribution < -0.4 is 5.73 Å². The fraction of sp³-hybridized carbons (Fsp3) is 0.745. The number of carboxylic acids is 1. The molecule has 0 aliphatic rings. The monoisotopic (exact) mass is 838 g/mol. The Labute approximate surface area is 353 Å². The molecule has 0 heterocycles. The molecule has 10 nitrogen and oxygen atoms in total. The molecule has 0 saturated heterocycles. The minimum absolute atomic E-state index is 0.0180. The molecule has 0 saturated carbocycles. The zero-order valence-electron chi connectivity index (χ0n) is 36.6. The smallest absolute Gasteiger partial charge is 0.472 e. The van der Waals surface area contributed by atoms with Gasteiger partial charge in [0.25, 0.3) is 0 Å². The number of hydrogen-bond donors (Lipinski definition) is 3. The quantitative estimate of drug-likeness (QED) is 0.0234. The zero-order chi connectivity index (χ0) is 42.6. The second-order valence-electron chi connectivity index (χ2n) is 15.2. The highest BCUT2D eigenvalue weighted by Crippen LogP contribution is 2.43. The summed E-state index contributed by atoms with van der Waals surface area (Å²) in [6.07, 6.45) is 51.7. The summed E-state index contributed by atoms with van der Waals surface area (Å²) in [6, 6.07) is -1.49. The summed E-state index contributed by atoms with van der Waals surface area (Å²) in [6.45, 7) is 3.66. The molecular weight excluding hydrogens is 753 g/mol. The van der Waals surface area contributed by atoms with Crippen molar-refractivity contribution in [1.82, 2.24) is 0 Å². The van der Waals surface area contributed by atoms with E-state index in [0.29, 0.717) is 13.0 Å². The minimum Gasteiger partial charge on any atom is -0.480 e. The van der Waals surface area contributed by atoms with Gasteiger partial charge in [0.2, 0.25) is 0 Å². The lowest BCUT2D eigenvalue weighted by molar-refractivity contribution is -0.153. The van der Waals surface area contributed by atoms with Gasteiger partial charge >= 0.3 is 19.8 Å². The largest absolute Gasteiger partial charge is 0.480 e. The second kappa shape index (κ2) is 42.8. The van der Waals surface area contributed by atoms with Gasteiger partial charge in [-0.1, -0.05) is 203 Å². The molecular formula is C47H84NO9P. The molecule has 0 bridgehead atoms. The predicted molar refractivity (Wildman–Crippen MR) is 240 cm³/mol. The summed E-state index contributed by atoms with van der Waals surface area (Å²) in [5.41, 5.74) is 5.35. The van der Waals surface area contributed by atoms with Crippen LogP contribution in [-0.4, -0.2) is 60.5 Å². The summed E-state index contributed by atoms with van der Waals surface area (Å²) in [5, 5.41) is 8.90. The van der Waals surface area contributed by atoms with Crippen molar-refractivity contribution in [1.29, 1.82) is 0 Å². The number of unbranched alkanes of at least 4 members (excludes halogenated alkanes) is 20. The molecule has 58 heavy (non-hydrogen) atoms. The topological polar surface area (TPSA) is 155 Å². The Bertz CT molecular complexity index is 1150. The van der Waals surface area contributed by atoms with Crippen molar-refractivity contribution in [3.63, 3.8) is 0 Å². The minimum atomic E-state index is -4.64. The average molecular weight is 838 g/mol. The third-order valence-corrected chi connectivity index (χ3v) is 10.5. The maximum absolute atomic E-state index is 12.6. The summed E-state index contributed by atoms with van der Waals surface area (Å²) in [5.74, 6) is -1.91. The number of rotatable bonds is 43. The molecule has 0 rings (SSSR count). The van der Waals surface area contributed by atoms with Crippen molar-refractivity contribution in [2.24, 2.45) is 5.73 Å². The maximum atomic E-state index is 12.6. The van der Waals surface area contributed by atoms with E-state index in [-0.39, 0.29) is 13.0 Å². The Balaban J connectivity index is 4.26. The van der Waals surface area contributed by atoms with Crippen LogP contribution in [0.1, 0.15) is 187 Å². The highest BCUT2D eigenvalue weighted by atomic mass is 31.2. The van der Waals surface area contributed by atoms with Crippen LogP contribution in [0.25, 0.3) is 0 Å². The van der Waals surface area contributed by atoms with Gasteiger partial charge in [-0.2, -0.15) is 0 Å². The molecule has 0 aromatic heterocycles. The lowest BCUT2D eigenvalue weighted by atomic mass is 10.0. The lowest BCUT2D eigenvalue weighted by Gasteiger charge is -2.20. The molecule has 3 unspecified atom stereocenters. The highest BCUT2D eigenvalue weighted by Gasteiger charge is 2.27. The average Bonchev–Trinajstić information content (AvgIpc) is 3.20.